The fraction of sp³-hybridized carbons (Fsp3) is 0.125. The lowest BCUT2D eigenvalue weighted by Crippen LogP contribution is -2.06. The molecule has 1 aromatic rings. The second kappa shape index (κ2) is 3.61. The molecule has 0 aromatic heterocycles. The number of carbonyl (C=O) groups excluding carboxylic acids is 1. The number of ether oxygens (including phenoxy) is 2. The highest BCUT2D eigenvalue weighted by Crippen LogP contribution is 2.07. The summed E-state index contributed by atoms with van der Waals surface area (Å²) in [5.74, 6) is 0.430. The Balaban J connectivity index is 2.58. The molecule has 1 aromatic carbocycles. The van der Waals surface area contributed by atoms with Gasteiger partial charge in [-0.15, -0.1) is 12.1 Å². The summed E-state index contributed by atoms with van der Waals surface area (Å²) in [5.41, 5.74) is 0. The van der Waals surface area contributed by atoms with Gasteiger partial charge in [0.2, 0.25) is 0 Å². The van der Waals surface area contributed by atoms with Crippen molar-refractivity contribution in [2.45, 2.75) is 0 Å². The Kier molecular flexibility index (Phi) is 2.49. The molecule has 3 nitrogen and oxygen atoms in total. The van der Waals surface area contributed by atoms with E-state index in [4.69, 9.17) is 0 Å². The van der Waals surface area contributed by atoms with E-state index >= 15 is 0 Å². The Hall–Kier alpha value is -1.51. The summed E-state index contributed by atoms with van der Waals surface area (Å²) in [5, 5.41) is 0. The predicted molar refractivity (Wildman–Crippen MR) is 38.3 cm³/mol. The van der Waals surface area contributed by atoms with Gasteiger partial charge in [0.25, 0.3) is 0 Å². The third-order valence-corrected chi connectivity index (χ3v) is 1.05. The van der Waals surface area contributed by atoms with E-state index in [1.54, 1.807) is 24.3 Å². The first-order valence-corrected chi connectivity index (χ1v) is 3.05. The van der Waals surface area contributed by atoms with E-state index in [0.717, 1.165) is 0 Å². The van der Waals surface area contributed by atoms with Crippen LogP contribution in [0.1, 0.15) is 0 Å². The first kappa shape index (κ1) is 7.60. The maximum Gasteiger partial charge on any atom is 0.501 e. The van der Waals surface area contributed by atoms with Crippen molar-refractivity contribution < 1.29 is 14.3 Å². The summed E-state index contributed by atoms with van der Waals surface area (Å²) in [4.78, 5) is 10.5. The molecular weight excluding hydrogens is 144 g/mol. The summed E-state index contributed by atoms with van der Waals surface area (Å²) in [6.45, 7) is 0. The lowest BCUT2D eigenvalue weighted by molar-refractivity contribution is 0.121. The lowest BCUT2D eigenvalue weighted by Gasteiger charge is -2.06. The van der Waals surface area contributed by atoms with Gasteiger partial charge in [0.05, 0.1) is 7.11 Å². The Labute approximate surface area is 64.5 Å². The fourth-order valence-electron chi connectivity index (χ4n) is 0.578. The average Bonchev–Trinajstić information content (AvgIpc) is 2.06. The molecule has 0 N–H and O–H groups in total. The Morgan fingerprint density at radius 3 is 3.00 bits per heavy atom. The molecular formula is C8H7O3-. The normalized spacial score (nSPS) is 8.82. The summed E-state index contributed by atoms with van der Waals surface area (Å²) >= 11 is 0. The van der Waals surface area contributed by atoms with Gasteiger partial charge in [-0.25, -0.2) is 4.79 Å². The van der Waals surface area contributed by atoms with Gasteiger partial charge in [-0.05, 0) is 0 Å². The minimum atomic E-state index is -0.718. The molecule has 0 heterocycles. The molecule has 0 fully saturated rings. The van der Waals surface area contributed by atoms with E-state index in [2.05, 4.69) is 15.5 Å². The van der Waals surface area contributed by atoms with Crippen LogP contribution >= 0.6 is 0 Å². The van der Waals surface area contributed by atoms with Crippen LogP contribution in [-0.2, 0) is 4.74 Å². The smallest absolute Gasteiger partial charge is 0.459 e. The van der Waals surface area contributed by atoms with Crippen molar-refractivity contribution in [1.29, 1.82) is 0 Å². The Bertz CT molecular complexity index is 230. The molecule has 3 heteroatoms. The molecule has 0 atom stereocenters. The van der Waals surface area contributed by atoms with Gasteiger partial charge in [0, 0.05) is 5.75 Å². The maximum atomic E-state index is 10.5. The van der Waals surface area contributed by atoms with Crippen LogP contribution < -0.4 is 4.74 Å². The predicted octanol–water partition coefficient (Wildman–Crippen LogP) is 1.63. The SMILES string of the molecule is COC(=O)Oc1c[c-]ccc1. The van der Waals surface area contributed by atoms with Crippen LogP contribution in [0.5, 0.6) is 5.75 Å². The van der Waals surface area contributed by atoms with Gasteiger partial charge in [-0.3, -0.25) is 0 Å². The van der Waals surface area contributed by atoms with Gasteiger partial charge >= 0.3 is 6.16 Å². The highest BCUT2D eigenvalue weighted by Gasteiger charge is 1.95. The van der Waals surface area contributed by atoms with E-state index in [0.29, 0.717) is 5.75 Å². The average molecular weight is 151 g/mol. The molecule has 0 aliphatic carbocycles. The second-order valence-electron chi connectivity index (χ2n) is 1.80. The van der Waals surface area contributed by atoms with Crippen molar-refractivity contribution in [3.8, 4) is 5.75 Å². The van der Waals surface area contributed by atoms with E-state index in [1.807, 2.05) is 0 Å². The molecule has 0 saturated heterocycles. The van der Waals surface area contributed by atoms with Crippen LogP contribution in [0.2, 0.25) is 0 Å². The number of carbonyl (C=O) groups is 1. The summed E-state index contributed by atoms with van der Waals surface area (Å²) in [6, 6.07) is 9.39. The van der Waals surface area contributed by atoms with Crippen LogP contribution in [0.15, 0.2) is 24.3 Å². The third-order valence-electron chi connectivity index (χ3n) is 1.05. The topological polar surface area (TPSA) is 35.5 Å². The van der Waals surface area contributed by atoms with Crippen LogP contribution in [0.25, 0.3) is 0 Å². The Morgan fingerprint density at radius 1 is 1.64 bits per heavy atom. The highest BCUT2D eigenvalue weighted by molar-refractivity contribution is 5.63. The first-order chi connectivity index (χ1) is 5.33. The molecule has 11 heavy (non-hydrogen) atoms. The fourth-order valence-corrected chi connectivity index (χ4v) is 0.578. The molecule has 0 aliphatic rings. The van der Waals surface area contributed by atoms with E-state index in [-0.39, 0.29) is 0 Å². The van der Waals surface area contributed by atoms with Gasteiger partial charge in [0.1, 0.15) is 0 Å². The number of hydrogen-bond acceptors (Lipinski definition) is 3. The highest BCUT2D eigenvalue weighted by atomic mass is 16.7. The molecule has 1 rings (SSSR count). The number of rotatable bonds is 1. The zero-order valence-corrected chi connectivity index (χ0v) is 6.03. The van der Waals surface area contributed by atoms with Crippen molar-refractivity contribution in [2.75, 3.05) is 7.11 Å². The molecule has 0 saturated carbocycles. The standard InChI is InChI=1S/C8H7O3/c1-10-8(9)11-7-5-3-2-4-6-7/h2-3,5-6H,1H3/q-1. The van der Waals surface area contributed by atoms with Crippen molar-refractivity contribution in [3.05, 3.63) is 30.3 Å². The van der Waals surface area contributed by atoms with E-state index in [9.17, 15) is 4.79 Å². The molecule has 58 valence electrons. The van der Waals surface area contributed by atoms with Gasteiger partial charge in [-0.1, -0.05) is 0 Å². The minimum absolute atomic E-state index is 0.430. The molecule has 0 radical (unpaired) electrons. The number of methoxy groups -OCH3 is 1. The van der Waals surface area contributed by atoms with E-state index in [1.165, 1.54) is 7.11 Å². The van der Waals surface area contributed by atoms with Gasteiger partial charge in [0.15, 0.2) is 0 Å². The second-order valence-corrected chi connectivity index (χ2v) is 1.80. The maximum absolute atomic E-state index is 10.5. The van der Waals surface area contributed by atoms with Crippen LogP contribution in [0, 0.1) is 6.07 Å². The van der Waals surface area contributed by atoms with Crippen LogP contribution in [0.3, 0.4) is 0 Å². The van der Waals surface area contributed by atoms with Crippen molar-refractivity contribution in [2.24, 2.45) is 0 Å². The molecule has 0 bridgehead atoms. The van der Waals surface area contributed by atoms with Crippen molar-refractivity contribution >= 4 is 6.16 Å². The van der Waals surface area contributed by atoms with E-state index < -0.39 is 6.16 Å². The number of hydrogen-bond donors (Lipinski definition) is 0. The summed E-state index contributed by atoms with van der Waals surface area (Å²) in [7, 11) is 1.26. The summed E-state index contributed by atoms with van der Waals surface area (Å²) in [6.07, 6.45) is -0.718. The molecule has 0 unspecified atom stereocenters. The zero-order valence-electron chi connectivity index (χ0n) is 6.03. The molecule has 0 aliphatic heterocycles. The van der Waals surface area contributed by atoms with Gasteiger partial charge < -0.3 is 9.47 Å². The molecule has 0 spiro atoms. The van der Waals surface area contributed by atoms with Crippen molar-refractivity contribution in [1.82, 2.24) is 0 Å². The van der Waals surface area contributed by atoms with Crippen molar-refractivity contribution in [3.63, 3.8) is 0 Å². The Morgan fingerprint density at radius 2 is 2.45 bits per heavy atom. The molecule has 0 amide bonds. The van der Waals surface area contributed by atoms with Crippen LogP contribution in [0.4, 0.5) is 4.79 Å². The van der Waals surface area contributed by atoms with Crippen LogP contribution in [-0.4, -0.2) is 13.3 Å². The van der Waals surface area contributed by atoms with Gasteiger partial charge in [-0.2, -0.15) is 18.2 Å². The summed E-state index contributed by atoms with van der Waals surface area (Å²) < 4.78 is 8.95. The quantitative estimate of drug-likeness (QED) is 0.347. The third kappa shape index (κ3) is 2.29. The largest absolute Gasteiger partial charge is 0.501 e. The minimum Gasteiger partial charge on any atom is -0.459 e. The monoisotopic (exact) mass is 151 g/mol. The first-order valence-electron chi connectivity index (χ1n) is 3.05. The zero-order chi connectivity index (χ0) is 8.10. The number of benzene rings is 1. The lowest BCUT2D eigenvalue weighted by atomic mass is 10.3.